The Morgan fingerprint density at radius 3 is 3.00 bits per heavy atom. The predicted octanol–water partition coefficient (Wildman–Crippen LogP) is 2.29. The minimum absolute atomic E-state index is 0.467. The normalized spacial score (nSPS) is 24.4. The van der Waals surface area contributed by atoms with Crippen molar-refractivity contribution >= 4 is 0 Å². The van der Waals surface area contributed by atoms with Gasteiger partial charge in [0.05, 0.1) is 0 Å². The van der Waals surface area contributed by atoms with Gasteiger partial charge in [-0.3, -0.25) is 4.98 Å². The fourth-order valence-electron chi connectivity index (χ4n) is 3.01. The Kier molecular flexibility index (Phi) is 4.72. The smallest absolute Gasteiger partial charge is 0.0312 e. The van der Waals surface area contributed by atoms with Crippen LogP contribution in [-0.4, -0.2) is 36.6 Å². The molecule has 2 rings (SSSR count). The summed E-state index contributed by atoms with van der Waals surface area (Å²) in [5, 5.41) is 3.56. The van der Waals surface area contributed by atoms with Crippen LogP contribution in [-0.2, 0) is 6.54 Å². The number of hydrogen-bond donors (Lipinski definition) is 1. The van der Waals surface area contributed by atoms with E-state index in [1.54, 1.807) is 0 Å². The van der Waals surface area contributed by atoms with Crippen molar-refractivity contribution in [1.29, 1.82) is 0 Å². The molecule has 0 radical (unpaired) electrons. The molecule has 1 aliphatic heterocycles. The fourth-order valence-corrected chi connectivity index (χ4v) is 3.01. The molecule has 100 valence electrons. The van der Waals surface area contributed by atoms with E-state index in [0.717, 1.165) is 6.54 Å². The third-order valence-electron chi connectivity index (χ3n) is 4.09. The number of hydrogen-bond acceptors (Lipinski definition) is 3. The van der Waals surface area contributed by atoms with Crippen LogP contribution in [0.1, 0.15) is 31.7 Å². The average Bonchev–Trinajstić information content (AvgIpc) is 2.41. The zero-order valence-electron chi connectivity index (χ0n) is 11.7. The van der Waals surface area contributed by atoms with Crippen molar-refractivity contribution in [3.63, 3.8) is 0 Å². The van der Waals surface area contributed by atoms with Crippen LogP contribution < -0.4 is 5.32 Å². The van der Waals surface area contributed by atoms with Crippen LogP contribution in [0.3, 0.4) is 0 Å². The number of piperidine rings is 1. The van der Waals surface area contributed by atoms with Crippen molar-refractivity contribution in [3.05, 3.63) is 30.1 Å². The maximum atomic E-state index is 4.18. The SMILES string of the molecule is CCC1(CN(C)Cc2cccnc2)CCCNC1. The van der Waals surface area contributed by atoms with Gasteiger partial charge >= 0.3 is 0 Å². The van der Waals surface area contributed by atoms with Crippen molar-refractivity contribution in [2.45, 2.75) is 32.7 Å². The van der Waals surface area contributed by atoms with Crippen LogP contribution in [0.4, 0.5) is 0 Å². The first-order valence-corrected chi connectivity index (χ1v) is 7.02. The van der Waals surface area contributed by atoms with Crippen molar-refractivity contribution in [2.75, 3.05) is 26.7 Å². The lowest BCUT2D eigenvalue weighted by atomic mass is 9.78. The van der Waals surface area contributed by atoms with E-state index in [9.17, 15) is 0 Å². The van der Waals surface area contributed by atoms with Gasteiger partial charge in [0.15, 0.2) is 0 Å². The maximum absolute atomic E-state index is 4.18. The molecule has 0 saturated carbocycles. The highest BCUT2D eigenvalue weighted by Crippen LogP contribution is 2.31. The summed E-state index contributed by atoms with van der Waals surface area (Å²) in [7, 11) is 2.22. The zero-order valence-corrected chi connectivity index (χ0v) is 11.7. The van der Waals surface area contributed by atoms with Crippen molar-refractivity contribution < 1.29 is 0 Å². The molecular formula is C15H25N3. The number of nitrogens with one attached hydrogen (secondary N) is 1. The Hall–Kier alpha value is -0.930. The summed E-state index contributed by atoms with van der Waals surface area (Å²) in [5.74, 6) is 0. The van der Waals surface area contributed by atoms with Crippen LogP contribution in [0.25, 0.3) is 0 Å². The molecule has 1 atom stereocenters. The van der Waals surface area contributed by atoms with Gasteiger partial charge in [0.1, 0.15) is 0 Å². The maximum Gasteiger partial charge on any atom is 0.0312 e. The van der Waals surface area contributed by atoms with Gasteiger partial charge in [0.2, 0.25) is 0 Å². The van der Waals surface area contributed by atoms with Gasteiger partial charge in [0, 0.05) is 32.0 Å². The lowest BCUT2D eigenvalue weighted by Gasteiger charge is -2.40. The highest BCUT2D eigenvalue weighted by atomic mass is 15.1. The lowest BCUT2D eigenvalue weighted by molar-refractivity contribution is 0.124. The number of rotatable bonds is 5. The van der Waals surface area contributed by atoms with Crippen LogP contribution in [0.2, 0.25) is 0 Å². The molecule has 18 heavy (non-hydrogen) atoms. The van der Waals surface area contributed by atoms with E-state index >= 15 is 0 Å². The molecule has 3 nitrogen and oxygen atoms in total. The predicted molar refractivity (Wildman–Crippen MR) is 75.4 cm³/mol. The first kappa shape index (κ1) is 13.5. The van der Waals surface area contributed by atoms with Gasteiger partial charge in [-0.15, -0.1) is 0 Å². The van der Waals surface area contributed by atoms with Crippen LogP contribution in [0, 0.1) is 5.41 Å². The molecule has 1 aliphatic rings. The first-order valence-electron chi connectivity index (χ1n) is 7.02. The summed E-state index contributed by atoms with van der Waals surface area (Å²) < 4.78 is 0. The summed E-state index contributed by atoms with van der Waals surface area (Å²) in [6.07, 6.45) is 7.73. The van der Waals surface area contributed by atoms with E-state index in [1.807, 2.05) is 18.5 Å². The molecule has 2 heterocycles. The minimum atomic E-state index is 0.467. The number of nitrogens with zero attached hydrogens (tertiary/aromatic N) is 2. The molecule has 0 amide bonds. The van der Waals surface area contributed by atoms with Gasteiger partial charge in [0.25, 0.3) is 0 Å². The van der Waals surface area contributed by atoms with Crippen molar-refractivity contribution in [3.8, 4) is 0 Å². The third kappa shape index (κ3) is 3.53. The standard InChI is InChI=1S/C15H25N3/c1-3-15(7-5-9-17-12-15)13-18(2)11-14-6-4-8-16-10-14/h4,6,8,10,17H,3,5,7,9,11-13H2,1-2H3. The summed E-state index contributed by atoms with van der Waals surface area (Å²) in [6.45, 7) is 6.85. The van der Waals surface area contributed by atoms with Gasteiger partial charge in [-0.1, -0.05) is 13.0 Å². The molecule has 1 unspecified atom stereocenters. The Morgan fingerprint density at radius 2 is 2.39 bits per heavy atom. The Labute approximate surface area is 111 Å². The molecule has 0 spiro atoms. The lowest BCUT2D eigenvalue weighted by Crippen LogP contribution is -2.46. The topological polar surface area (TPSA) is 28.2 Å². The Bertz CT molecular complexity index is 344. The Morgan fingerprint density at radius 1 is 1.50 bits per heavy atom. The van der Waals surface area contributed by atoms with Gasteiger partial charge in [-0.05, 0) is 49.9 Å². The van der Waals surface area contributed by atoms with Crippen molar-refractivity contribution in [1.82, 2.24) is 15.2 Å². The van der Waals surface area contributed by atoms with E-state index in [-0.39, 0.29) is 0 Å². The van der Waals surface area contributed by atoms with Crippen LogP contribution in [0.15, 0.2) is 24.5 Å². The molecule has 1 N–H and O–H groups in total. The highest BCUT2D eigenvalue weighted by molar-refractivity contribution is 5.08. The van der Waals surface area contributed by atoms with Gasteiger partial charge in [-0.25, -0.2) is 0 Å². The average molecular weight is 247 g/mol. The van der Waals surface area contributed by atoms with E-state index in [2.05, 4.69) is 35.2 Å². The van der Waals surface area contributed by atoms with Gasteiger partial charge in [-0.2, -0.15) is 0 Å². The monoisotopic (exact) mass is 247 g/mol. The molecule has 0 bridgehead atoms. The molecule has 0 aliphatic carbocycles. The highest BCUT2D eigenvalue weighted by Gasteiger charge is 2.31. The van der Waals surface area contributed by atoms with Crippen LogP contribution >= 0.6 is 0 Å². The summed E-state index contributed by atoms with van der Waals surface area (Å²) in [6, 6.07) is 4.17. The largest absolute Gasteiger partial charge is 0.316 e. The second-order valence-electron chi connectivity index (χ2n) is 5.67. The van der Waals surface area contributed by atoms with Crippen molar-refractivity contribution in [2.24, 2.45) is 5.41 Å². The number of pyridine rings is 1. The van der Waals surface area contributed by atoms with Crippen LogP contribution in [0.5, 0.6) is 0 Å². The molecule has 1 fully saturated rings. The number of aromatic nitrogens is 1. The molecule has 0 aromatic carbocycles. The summed E-state index contributed by atoms with van der Waals surface area (Å²) in [5.41, 5.74) is 1.77. The minimum Gasteiger partial charge on any atom is -0.316 e. The van der Waals surface area contributed by atoms with E-state index < -0.39 is 0 Å². The van der Waals surface area contributed by atoms with Gasteiger partial charge < -0.3 is 10.2 Å². The summed E-state index contributed by atoms with van der Waals surface area (Å²) >= 11 is 0. The first-order chi connectivity index (χ1) is 8.74. The van der Waals surface area contributed by atoms with E-state index in [4.69, 9.17) is 0 Å². The second kappa shape index (κ2) is 6.30. The van der Waals surface area contributed by atoms with E-state index in [1.165, 1.54) is 44.5 Å². The molecule has 1 aromatic heterocycles. The fraction of sp³-hybridized carbons (Fsp3) is 0.667. The zero-order chi connectivity index (χ0) is 12.8. The summed E-state index contributed by atoms with van der Waals surface area (Å²) in [4.78, 5) is 6.62. The molecular weight excluding hydrogens is 222 g/mol. The second-order valence-corrected chi connectivity index (χ2v) is 5.67. The quantitative estimate of drug-likeness (QED) is 0.865. The molecule has 1 saturated heterocycles. The third-order valence-corrected chi connectivity index (χ3v) is 4.09. The Balaban J connectivity index is 1.91. The molecule has 3 heteroatoms. The van der Waals surface area contributed by atoms with E-state index in [0.29, 0.717) is 5.41 Å². The molecule has 1 aromatic rings.